The van der Waals surface area contributed by atoms with Gasteiger partial charge in [0.2, 0.25) is 5.91 Å². The Labute approximate surface area is 154 Å². The summed E-state index contributed by atoms with van der Waals surface area (Å²) < 4.78 is 5.30. The molecule has 7 heteroatoms. The third-order valence-corrected chi connectivity index (χ3v) is 5.22. The number of amides is 2. The number of benzene rings is 1. The van der Waals surface area contributed by atoms with Gasteiger partial charge in [0, 0.05) is 13.1 Å². The highest BCUT2D eigenvalue weighted by Crippen LogP contribution is 2.43. The van der Waals surface area contributed by atoms with Crippen molar-refractivity contribution >= 4 is 24.2 Å². The van der Waals surface area contributed by atoms with Crippen LogP contribution in [0.15, 0.2) is 24.3 Å². The van der Waals surface area contributed by atoms with Crippen molar-refractivity contribution in [2.24, 2.45) is 17.1 Å². The summed E-state index contributed by atoms with van der Waals surface area (Å²) in [6, 6.07) is 7.37. The molecule has 0 bridgehead atoms. The summed E-state index contributed by atoms with van der Waals surface area (Å²) >= 11 is 0. The van der Waals surface area contributed by atoms with E-state index in [0.29, 0.717) is 18.2 Å². The number of nitrogens with two attached hydrogens (primary N) is 1. The van der Waals surface area contributed by atoms with Gasteiger partial charge in [-0.05, 0) is 43.0 Å². The van der Waals surface area contributed by atoms with Gasteiger partial charge in [-0.15, -0.1) is 12.4 Å². The second kappa shape index (κ2) is 8.54. The lowest BCUT2D eigenvalue weighted by Gasteiger charge is -2.37. The quantitative estimate of drug-likeness (QED) is 0.707. The summed E-state index contributed by atoms with van der Waals surface area (Å²) in [5.74, 6) is 0.679. The van der Waals surface area contributed by atoms with Crippen LogP contribution < -0.4 is 21.1 Å². The van der Waals surface area contributed by atoms with Gasteiger partial charge in [-0.3, -0.25) is 9.59 Å². The molecule has 0 radical (unpaired) electrons. The Bertz CT molecular complexity index is 625. The molecule has 1 aromatic rings. The fourth-order valence-corrected chi connectivity index (χ4v) is 3.95. The van der Waals surface area contributed by atoms with E-state index in [-0.39, 0.29) is 30.3 Å². The molecule has 1 aliphatic heterocycles. The molecule has 2 atom stereocenters. The maximum Gasteiger partial charge on any atom is 0.255 e. The van der Waals surface area contributed by atoms with Gasteiger partial charge in [0.05, 0.1) is 5.41 Å². The lowest BCUT2D eigenvalue weighted by Crippen LogP contribution is -2.47. The molecule has 3 rings (SSSR count). The smallest absolute Gasteiger partial charge is 0.255 e. The van der Waals surface area contributed by atoms with Gasteiger partial charge < -0.3 is 21.1 Å². The molecule has 1 aliphatic carbocycles. The van der Waals surface area contributed by atoms with Crippen LogP contribution in [0.1, 0.15) is 31.2 Å². The maximum atomic E-state index is 12.8. The normalized spacial score (nSPS) is 24.7. The highest BCUT2D eigenvalue weighted by atomic mass is 35.5. The van der Waals surface area contributed by atoms with Crippen LogP contribution in [-0.2, 0) is 16.1 Å². The second-order valence-electron chi connectivity index (χ2n) is 6.81. The molecule has 0 aromatic heterocycles. The summed E-state index contributed by atoms with van der Waals surface area (Å²) in [4.78, 5) is 23.6. The standard InChI is InChI=1S/C18H25N3O3.ClH/c19-16(22)11-24-15-6-3-4-13(8-15)9-21-17(23)18-7-2-1-5-14(18)10-20-12-18;/h3-4,6,8,14,20H,1-2,5,7,9-12H2,(H2,19,22)(H,21,23);1H/t14-,18+;/m0./s1. The van der Waals surface area contributed by atoms with Crippen molar-refractivity contribution in [1.82, 2.24) is 10.6 Å². The first-order chi connectivity index (χ1) is 11.6. The highest BCUT2D eigenvalue weighted by molar-refractivity contribution is 5.85. The first-order valence-electron chi connectivity index (χ1n) is 8.59. The molecule has 2 fully saturated rings. The zero-order valence-corrected chi connectivity index (χ0v) is 15.1. The SMILES string of the molecule is Cl.NC(=O)COc1cccc(CNC(=O)[C@@]23CCCC[C@H]2CNC3)c1. The fourth-order valence-electron chi connectivity index (χ4n) is 3.95. The number of rotatable bonds is 6. The number of primary amides is 1. The minimum absolute atomic E-state index is 0. The Morgan fingerprint density at radius 1 is 1.36 bits per heavy atom. The molecule has 1 heterocycles. The molecule has 1 aromatic carbocycles. The van der Waals surface area contributed by atoms with Gasteiger partial charge in [0.25, 0.3) is 5.91 Å². The molecule has 25 heavy (non-hydrogen) atoms. The maximum absolute atomic E-state index is 12.8. The number of carbonyl (C=O) groups excluding carboxylic acids is 2. The van der Waals surface area contributed by atoms with E-state index in [9.17, 15) is 9.59 Å². The highest BCUT2D eigenvalue weighted by Gasteiger charge is 2.49. The zero-order chi connectivity index (χ0) is 17.0. The van der Waals surface area contributed by atoms with Crippen LogP contribution in [0.5, 0.6) is 5.75 Å². The molecule has 1 saturated carbocycles. The number of nitrogens with one attached hydrogen (secondary N) is 2. The molecular formula is C18H26ClN3O3. The van der Waals surface area contributed by atoms with E-state index >= 15 is 0 Å². The van der Waals surface area contributed by atoms with Crippen molar-refractivity contribution in [3.05, 3.63) is 29.8 Å². The van der Waals surface area contributed by atoms with Gasteiger partial charge in [-0.25, -0.2) is 0 Å². The number of hydrogen-bond acceptors (Lipinski definition) is 4. The van der Waals surface area contributed by atoms with Crippen LogP contribution in [-0.4, -0.2) is 31.5 Å². The average Bonchev–Trinajstić information content (AvgIpc) is 3.03. The number of fused-ring (bicyclic) bond motifs is 1. The zero-order valence-electron chi connectivity index (χ0n) is 14.3. The Hall–Kier alpha value is -1.79. The van der Waals surface area contributed by atoms with Gasteiger partial charge in [-0.1, -0.05) is 25.0 Å². The first-order valence-corrected chi connectivity index (χ1v) is 8.59. The van der Waals surface area contributed by atoms with E-state index in [1.165, 1.54) is 6.42 Å². The monoisotopic (exact) mass is 367 g/mol. The third kappa shape index (κ3) is 4.44. The van der Waals surface area contributed by atoms with E-state index in [4.69, 9.17) is 10.5 Å². The molecule has 2 amide bonds. The van der Waals surface area contributed by atoms with Gasteiger partial charge in [0.1, 0.15) is 5.75 Å². The van der Waals surface area contributed by atoms with Gasteiger partial charge in [0.15, 0.2) is 6.61 Å². The largest absolute Gasteiger partial charge is 0.484 e. The number of carbonyl (C=O) groups is 2. The van der Waals surface area contributed by atoms with Gasteiger partial charge in [-0.2, -0.15) is 0 Å². The Morgan fingerprint density at radius 3 is 3.00 bits per heavy atom. The molecule has 6 nitrogen and oxygen atoms in total. The molecular weight excluding hydrogens is 342 g/mol. The van der Waals surface area contributed by atoms with Crippen molar-refractivity contribution < 1.29 is 14.3 Å². The van der Waals surface area contributed by atoms with Crippen molar-refractivity contribution in [1.29, 1.82) is 0 Å². The summed E-state index contributed by atoms with van der Waals surface area (Å²) in [5, 5.41) is 6.49. The minimum Gasteiger partial charge on any atom is -0.484 e. The molecule has 0 spiro atoms. The van der Waals surface area contributed by atoms with E-state index in [2.05, 4.69) is 10.6 Å². The van der Waals surface area contributed by atoms with Crippen LogP contribution >= 0.6 is 12.4 Å². The number of ether oxygens (including phenoxy) is 1. The van der Waals surface area contributed by atoms with Gasteiger partial charge >= 0.3 is 0 Å². The van der Waals surface area contributed by atoms with Crippen molar-refractivity contribution in [2.75, 3.05) is 19.7 Å². The number of hydrogen-bond donors (Lipinski definition) is 3. The number of halogens is 1. The molecule has 2 aliphatic rings. The fraction of sp³-hybridized carbons (Fsp3) is 0.556. The Balaban J connectivity index is 0.00000225. The first kappa shape index (κ1) is 19.5. The topological polar surface area (TPSA) is 93.5 Å². The lowest BCUT2D eigenvalue weighted by atomic mass is 9.67. The van der Waals surface area contributed by atoms with Crippen molar-refractivity contribution in [3.8, 4) is 5.75 Å². The van der Waals surface area contributed by atoms with Crippen LogP contribution in [0.25, 0.3) is 0 Å². The molecule has 4 N–H and O–H groups in total. The lowest BCUT2D eigenvalue weighted by molar-refractivity contribution is -0.134. The second-order valence-corrected chi connectivity index (χ2v) is 6.81. The van der Waals surface area contributed by atoms with Crippen LogP contribution in [0.3, 0.4) is 0 Å². The summed E-state index contributed by atoms with van der Waals surface area (Å²) in [6.45, 7) is 2.04. The predicted octanol–water partition coefficient (Wildman–Crippen LogP) is 1.37. The Kier molecular flexibility index (Phi) is 6.67. The average molecular weight is 368 g/mol. The predicted molar refractivity (Wildman–Crippen MR) is 97.5 cm³/mol. The van der Waals surface area contributed by atoms with Crippen LogP contribution in [0.4, 0.5) is 0 Å². The third-order valence-electron chi connectivity index (χ3n) is 5.22. The molecule has 1 saturated heterocycles. The summed E-state index contributed by atoms with van der Waals surface area (Å²) in [6.07, 6.45) is 4.46. The van der Waals surface area contributed by atoms with E-state index in [0.717, 1.165) is 37.9 Å². The summed E-state index contributed by atoms with van der Waals surface area (Å²) in [5.41, 5.74) is 5.79. The molecule has 138 valence electrons. The van der Waals surface area contributed by atoms with E-state index in [1.807, 2.05) is 18.2 Å². The van der Waals surface area contributed by atoms with E-state index < -0.39 is 5.91 Å². The van der Waals surface area contributed by atoms with Crippen LogP contribution in [0.2, 0.25) is 0 Å². The molecule has 0 unspecified atom stereocenters. The Morgan fingerprint density at radius 2 is 2.20 bits per heavy atom. The summed E-state index contributed by atoms with van der Waals surface area (Å²) in [7, 11) is 0. The van der Waals surface area contributed by atoms with Crippen molar-refractivity contribution in [2.45, 2.75) is 32.2 Å². The van der Waals surface area contributed by atoms with Crippen molar-refractivity contribution in [3.63, 3.8) is 0 Å². The van der Waals surface area contributed by atoms with Crippen LogP contribution in [0, 0.1) is 11.3 Å². The minimum atomic E-state index is -0.509. The van der Waals surface area contributed by atoms with E-state index in [1.54, 1.807) is 6.07 Å².